The zero-order valence-corrected chi connectivity index (χ0v) is 8.79. The molecule has 0 amide bonds. The molecule has 0 aliphatic rings. The first-order valence-corrected chi connectivity index (χ1v) is 4.78. The standard InChI is InChI=1S/C10H14ClNO2/c1-7-2-3-9(11)10(4-7)14-6-8(13)5-12/h2-4,8,13H,5-6,12H2,1H3. The molecule has 1 unspecified atom stereocenters. The number of aliphatic hydroxyl groups excluding tert-OH is 1. The third-order valence-corrected chi connectivity index (χ3v) is 2.10. The molecule has 0 aromatic heterocycles. The van der Waals surface area contributed by atoms with E-state index in [-0.39, 0.29) is 13.2 Å². The van der Waals surface area contributed by atoms with Gasteiger partial charge in [0.2, 0.25) is 0 Å². The van der Waals surface area contributed by atoms with Crippen molar-refractivity contribution < 1.29 is 9.84 Å². The quantitative estimate of drug-likeness (QED) is 0.797. The highest BCUT2D eigenvalue weighted by atomic mass is 35.5. The molecule has 0 saturated carbocycles. The molecule has 3 nitrogen and oxygen atoms in total. The molecule has 0 bridgehead atoms. The molecule has 1 aromatic rings. The van der Waals surface area contributed by atoms with Crippen LogP contribution >= 0.6 is 11.6 Å². The van der Waals surface area contributed by atoms with Gasteiger partial charge in [0.15, 0.2) is 0 Å². The van der Waals surface area contributed by atoms with Crippen molar-refractivity contribution in [3.8, 4) is 5.75 Å². The lowest BCUT2D eigenvalue weighted by Gasteiger charge is -2.11. The topological polar surface area (TPSA) is 55.5 Å². The largest absolute Gasteiger partial charge is 0.489 e. The summed E-state index contributed by atoms with van der Waals surface area (Å²) in [5.74, 6) is 0.583. The summed E-state index contributed by atoms with van der Waals surface area (Å²) in [7, 11) is 0. The Labute approximate surface area is 88.4 Å². The SMILES string of the molecule is Cc1ccc(Cl)c(OCC(O)CN)c1. The summed E-state index contributed by atoms with van der Waals surface area (Å²) < 4.78 is 5.31. The van der Waals surface area contributed by atoms with Crippen LogP contribution in [0.15, 0.2) is 18.2 Å². The van der Waals surface area contributed by atoms with Crippen molar-refractivity contribution >= 4 is 11.6 Å². The Bertz CT molecular complexity index is 304. The van der Waals surface area contributed by atoms with Crippen LogP contribution in [0.5, 0.6) is 5.75 Å². The van der Waals surface area contributed by atoms with E-state index in [9.17, 15) is 5.11 Å². The van der Waals surface area contributed by atoms with Crippen molar-refractivity contribution in [1.29, 1.82) is 0 Å². The van der Waals surface area contributed by atoms with E-state index in [0.717, 1.165) is 5.56 Å². The van der Waals surface area contributed by atoms with E-state index in [2.05, 4.69) is 0 Å². The van der Waals surface area contributed by atoms with Crippen LogP contribution in [0.2, 0.25) is 5.02 Å². The summed E-state index contributed by atoms with van der Waals surface area (Å²) in [6.45, 7) is 2.30. The van der Waals surface area contributed by atoms with Gasteiger partial charge in [-0.3, -0.25) is 0 Å². The highest BCUT2D eigenvalue weighted by molar-refractivity contribution is 6.32. The Morgan fingerprint density at radius 2 is 2.29 bits per heavy atom. The summed E-state index contributed by atoms with van der Waals surface area (Å²) in [5.41, 5.74) is 6.30. The fourth-order valence-corrected chi connectivity index (χ4v) is 1.15. The van der Waals surface area contributed by atoms with Gasteiger partial charge in [-0.05, 0) is 24.6 Å². The molecule has 0 heterocycles. The molecule has 0 spiro atoms. The van der Waals surface area contributed by atoms with Gasteiger partial charge in [0, 0.05) is 6.54 Å². The molecule has 4 heteroatoms. The smallest absolute Gasteiger partial charge is 0.138 e. The summed E-state index contributed by atoms with van der Waals surface area (Å²) in [5, 5.41) is 9.73. The molecule has 0 radical (unpaired) electrons. The molecule has 0 fully saturated rings. The van der Waals surface area contributed by atoms with E-state index in [1.807, 2.05) is 19.1 Å². The fourth-order valence-electron chi connectivity index (χ4n) is 0.975. The molecule has 3 N–H and O–H groups in total. The Hall–Kier alpha value is -0.770. The number of halogens is 1. The Morgan fingerprint density at radius 1 is 1.57 bits per heavy atom. The second-order valence-corrected chi connectivity index (χ2v) is 3.54. The molecular weight excluding hydrogens is 202 g/mol. The van der Waals surface area contributed by atoms with E-state index in [1.54, 1.807) is 6.07 Å². The van der Waals surface area contributed by atoms with Crippen LogP contribution < -0.4 is 10.5 Å². The number of rotatable bonds is 4. The van der Waals surface area contributed by atoms with Crippen LogP contribution in [0, 0.1) is 6.92 Å². The van der Waals surface area contributed by atoms with E-state index in [1.165, 1.54) is 0 Å². The number of benzene rings is 1. The van der Waals surface area contributed by atoms with E-state index in [4.69, 9.17) is 22.1 Å². The molecule has 0 saturated heterocycles. The Morgan fingerprint density at radius 3 is 2.93 bits per heavy atom. The summed E-state index contributed by atoms with van der Waals surface area (Å²) in [4.78, 5) is 0. The molecule has 0 aliphatic carbocycles. The zero-order valence-electron chi connectivity index (χ0n) is 8.03. The van der Waals surface area contributed by atoms with E-state index >= 15 is 0 Å². The molecule has 1 atom stereocenters. The zero-order chi connectivity index (χ0) is 10.6. The summed E-state index contributed by atoms with van der Waals surface area (Å²) in [6, 6.07) is 5.49. The highest BCUT2D eigenvalue weighted by Crippen LogP contribution is 2.25. The van der Waals surface area contributed by atoms with E-state index < -0.39 is 6.10 Å². The van der Waals surface area contributed by atoms with Crippen LogP contribution in [-0.4, -0.2) is 24.4 Å². The second kappa shape index (κ2) is 5.20. The summed E-state index contributed by atoms with van der Waals surface area (Å²) in [6.07, 6.45) is -0.647. The molecule has 1 aromatic carbocycles. The third kappa shape index (κ3) is 3.18. The first kappa shape index (κ1) is 11.3. The van der Waals surface area contributed by atoms with Gasteiger partial charge >= 0.3 is 0 Å². The lowest BCUT2D eigenvalue weighted by Crippen LogP contribution is -2.26. The van der Waals surface area contributed by atoms with Crippen LogP contribution in [0.1, 0.15) is 5.56 Å². The average molecular weight is 216 g/mol. The number of ether oxygens (including phenoxy) is 1. The van der Waals surface area contributed by atoms with Crippen molar-refractivity contribution in [2.75, 3.05) is 13.2 Å². The van der Waals surface area contributed by atoms with Gasteiger partial charge in [0.25, 0.3) is 0 Å². The van der Waals surface area contributed by atoms with Crippen LogP contribution in [-0.2, 0) is 0 Å². The number of hydrogen-bond acceptors (Lipinski definition) is 3. The minimum atomic E-state index is -0.647. The van der Waals surface area contributed by atoms with Crippen molar-refractivity contribution in [2.45, 2.75) is 13.0 Å². The molecule has 14 heavy (non-hydrogen) atoms. The first-order valence-electron chi connectivity index (χ1n) is 4.40. The first-order chi connectivity index (χ1) is 6.63. The van der Waals surface area contributed by atoms with Crippen LogP contribution in [0.3, 0.4) is 0 Å². The highest BCUT2D eigenvalue weighted by Gasteiger charge is 2.05. The number of hydrogen-bond donors (Lipinski definition) is 2. The number of aliphatic hydroxyl groups is 1. The average Bonchev–Trinajstić information content (AvgIpc) is 2.19. The monoisotopic (exact) mass is 215 g/mol. The predicted octanol–water partition coefficient (Wildman–Crippen LogP) is 1.35. The molecule has 78 valence electrons. The summed E-state index contributed by atoms with van der Waals surface area (Å²) >= 11 is 5.88. The third-order valence-electron chi connectivity index (χ3n) is 1.79. The molecule has 0 aliphatic heterocycles. The van der Waals surface area contributed by atoms with Crippen molar-refractivity contribution in [3.63, 3.8) is 0 Å². The Kier molecular flexibility index (Phi) is 4.20. The lowest BCUT2D eigenvalue weighted by atomic mass is 10.2. The van der Waals surface area contributed by atoms with Gasteiger partial charge in [0.05, 0.1) is 5.02 Å². The number of aryl methyl sites for hydroxylation is 1. The van der Waals surface area contributed by atoms with Crippen molar-refractivity contribution in [1.82, 2.24) is 0 Å². The molecule has 1 rings (SSSR count). The maximum absolute atomic E-state index is 9.19. The maximum atomic E-state index is 9.19. The van der Waals surface area contributed by atoms with Gasteiger partial charge in [-0.2, -0.15) is 0 Å². The van der Waals surface area contributed by atoms with Crippen LogP contribution in [0.4, 0.5) is 0 Å². The normalized spacial score (nSPS) is 12.6. The lowest BCUT2D eigenvalue weighted by molar-refractivity contribution is 0.114. The van der Waals surface area contributed by atoms with Crippen LogP contribution in [0.25, 0.3) is 0 Å². The molecular formula is C10H14ClNO2. The van der Waals surface area contributed by atoms with Gasteiger partial charge in [-0.1, -0.05) is 17.7 Å². The number of nitrogens with two attached hydrogens (primary N) is 1. The maximum Gasteiger partial charge on any atom is 0.138 e. The van der Waals surface area contributed by atoms with Crippen molar-refractivity contribution in [2.24, 2.45) is 5.73 Å². The Balaban J connectivity index is 2.62. The minimum Gasteiger partial charge on any atom is -0.489 e. The van der Waals surface area contributed by atoms with Gasteiger partial charge in [-0.25, -0.2) is 0 Å². The van der Waals surface area contributed by atoms with Gasteiger partial charge < -0.3 is 15.6 Å². The van der Waals surface area contributed by atoms with Crippen molar-refractivity contribution in [3.05, 3.63) is 28.8 Å². The fraction of sp³-hybridized carbons (Fsp3) is 0.400. The minimum absolute atomic E-state index is 0.166. The van der Waals surface area contributed by atoms with E-state index in [0.29, 0.717) is 10.8 Å². The second-order valence-electron chi connectivity index (χ2n) is 3.13. The van der Waals surface area contributed by atoms with Gasteiger partial charge in [-0.15, -0.1) is 0 Å². The van der Waals surface area contributed by atoms with Gasteiger partial charge in [0.1, 0.15) is 18.5 Å². The predicted molar refractivity (Wildman–Crippen MR) is 56.7 cm³/mol.